The van der Waals surface area contributed by atoms with Gasteiger partial charge >= 0.3 is 5.69 Å². The molecule has 10 nitrogen and oxygen atoms in total. The van der Waals surface area contributed by atoms with Crippen LogP contribution >= 0.6 is 0 Å². The third kappa shape index (κ3) is 4.36. The van der Waals surface area contributed by atoms with Crippen LogP contribution in [0.3, 0.4) is 0 Å². The summed E-state index contributed by atoms with van der Waals surface area (Å²) in [4.78, 5) is 24.7. The van der Waals surface area contributed by atoms with Gasteiger partial charge in [-0.25, -0.2) is 13.2 Å². The van der Waals surface area contributed by atoms with Gasteiger partial charge in [0.1, 0.15) is 6.54 Å². The highest BCUT2D eigenvalue weighted by Gasteiger charge is 2.22. The predicted octanol–water partition coefficient (Wildman–Crippen LogP) is 1.30. The number of sulfonamides is 1. The number of amides is 1. The molecule has 0 aliphatic carbocycles. The van der Waals surface area contributed by atoms with Crippen molar-refractivity contribution in [1.82, 2.24) is 9.13 Å². The SMILES string of the molecule is COc1ccc(N(CC(=O)Nc2ccc3c(c2)n(C)c(=O)n3C)S(C)(=O)=O)cc1OC. The zero-order chi connectivity index (χ0) is 22.9. The number of imidazole rings is 1. The van der Waals surface area contributed by atoms with E-state index < -0.39 is 22.5 Å². The molecule has 0 saturated heterocycles. The number of ether oxygens (including phenoxy) is 2. The third-order valence-corrected chi connectivity index (χ3v) is 6.04. The van der Waals surface area contributed by atoms with E-state index >= 15 is 0 Å². The van der Waals surface area contributed by atoms with Gasteiger partial charge in [-0.3, -0.25) is 18.2 Å². The van der Waals surface area contributed by atoms with Crippen molar-refractivity contribution in [2.24, 2.45) is 14.1 Å². The minimum Gasteiger partial charge on any atom is -0.493 e. The fraction of sp³-hybridized carbons (Fsp3) is 0.300. The molecule has 3 rings (SSSR count). The summed E-state index contributed by atoms with van der Waals surface area (Å²) in [5.74, 6) is 0.232. The maximum absolute atomic E-state index is 12.7. The van der Waals surface area contributed by atoms with Gasteiger partial charge in [-0.05, 0) is 30.3 Å². The van der Waals surface area contributed by atoms with Crippen LogP contribution in [0.25, 0.3) is 11.0 Å². The summed E-state index contributed by atoms with van der Waals surface area (Å²) in [6.07, 6.45) is 1.02. The van der Waals surface area contributed by atoms with Crippen molar-refractivity contribution < 1.29 is 22.7 Å². The van der Waals surface area contributed by atoms with Crippen molar-refractivity contribution in [2.75, 3.05) is 36.6 Å². The highest BCUT2D eigenvalue weighted by molar-refractivity contribution is 7.92. The van der Waals surface area contributed by atoms with Crippen LogP contribution in [0.4, 0.5) is 11.4 Å². The molecule has 1 heterocycles. The van der Waals surface area contributed by atoms with Gasteiger partial charge in [-0.15, -0.1) is 0 Å². The molecule has 1 N–H and O–H groups in total. The summed E-state index contributed by atoms with van der Waals surface area (Å²) in [6, 6.07) is 9.61. The minimum absolute atomic E-state index is 0.185. The number of benzene rings is 2. The number of aryl methyl sites for hydroxylation is 2. The zero-order valence-electron chi connectivity index (χ0n) is 17.9. The van der Waals surface area contributed by atoms with Crippen LogP contribution in [0, 0.1) is 0 Å². The van der Waals surface area contributed by atoms with Crippen LogP contribution in [0.15, 0.2) is 41.2 Å². The Morgan fingerprint density at radius 1 is 1.00 bits per heavy atom. The van der Waals surface area contributed by atoms with E-state index in [0.717, 1.165) is 10.6 Å². The summed E-state index contributed by atoms with van der Waals surface area (Å²) in [7, 11) is 2.44. The first-order chi connectivity index (χ1) is 14.6. The van der Waals surface area contributed by atoms with Crippen LogP contribution < -0.4 is 24.8 Å². The molecule has 0 atom stereocenters. The fourth-order valence-corrected chi connectivity index (χ4v) is 4.14. The maximum Gasteiger partial charge on any atom is 0.328 e. The molecule has 0 saturated carbocycles. The Labute approximate surface area is 179 Å². The van der Waals surface area contributed by atoms with Gasteiger partial charge in [0.15, 0.2) is 11.5 Å². The number of anilines is 2. The Bertz CT molecular complexity index is 1310. The highest BCUT2D eigenvalue weighted by atomic mass is 32.2. The Morgan fingerprint density at radius 3 is 2.26 bits per heavy atom. The second-order valence-electron chi connectivity index (χ2n) is 6.96. The topological polar surface area (TPSA) is 112 Å². The largest absolute Gasteiger partial charge is 0.493 e. The van der Waals surface area contributed by atoms with Crippen molar-refractivity contribution in [2.45, 2.75) is 0 Å². The number of rotatable bonds is 7. The molecule has 1 amide bonds. The molecule has 3 aromatic rings. The number of hydrogen-bond donors (Lipinski definition) is 1. The minimum atomic E-state index is -3.77. The van der Waals surface area contributed by atoms with Gasteiger partial charge in [-0.2, -0.15) is 0 Å². The lowest BCUT2D eigenvalue weighted by molar-refractivity contribution is -0.114. The van der Waals surface area contributed by atoms with E-state index in [1.807, 2.05) is 0 Å². The first-order valence-electron chi connectivity index (χ1n) is 9.22. The van der Waals surface area contributed by atoms with E-state index in [-0.39, 0.29) is 11.4 Å². The average molecular weight is 449 g/mol. The molecule has 11 heteroatoms. The lowest BCUT2D eigenvalue weighted by Gasteiger charge is -2.23. The van der Waals surface area contributed by atoms with E-state index in [1.165, 1.54) is 35.5 Å². The molecule has 2 aromatic carbocycles. The van der Waals surface area contributed by atoms with Crippen LogP contribution in [0.1, 0.15) is 0 Å². The van der Waals surface area contributed by atoms with Gasteiger partial charge in [0.05, 0.1) is 37.2 Å². The van der Waals surface area contributed by atoms with E-state index in [1.54, 1.807) is 38.4 Å². The molecular weight excluding hydrogens is 424 g/mol. The van der Waals surface area contributed by atoms with E-state index in [4.69, 9.17) is 9.47 Å². The van der Waals surface area contributed by atoms with Gasteiger partial charge in [0.25, 0.3) is 0 Å². The van der Waals surface area contributed by atoms with Crippen LogP contribution in [-0.2, 0) is 28.9 Å². The molecule has 166 valence electrons. The van der Waals surface area contributed by atoms with Crippen LogP contribution in [-0.4, -0.2) is 50.5 Å². The first-order valence-corrected chi connectivity index (χ1v) is 11.1. The number of nitrogens with one attached hydrogen (secondary N) is 1. The Kier molecular flexibility index (Phi) is 5.98. The number of hydrogen-bond acceptors (Lipinski definition) is 6. The highest BCUT2D eigenvalue weighted by Crippen LogP contribution is 2.32. The van der Waals surface area contributed by atoms with Crippen molar-refractivity contribution in [1.29, 1.82) is 0 Å². The van der Waals surface area contributed by atoms with Gasteiger partial charge in [0.2, 0.25) is 15.9 Å². The second kappa shape index (κ2) is 8.34. The summed E-state index contributed by atoms with van der Waals surface area (Å²) >= 11 is 0. The van der Waals surface area contributed by atoms with Crippen molar-refractivity contribution >= 4 is 38.3 Å². The second-order valence-corrected chi connectivity index (χ2v) is 8.87. The number of methoxy groups -OCH3 is 2. The number of carbonyl (C=O) groups excluding carboxylic acids is 1. The summed E-state index contributed by atoms with van der Waals surface area (Å²) in [5.41, 5.74) is 1.88. The zero-order valence-corrected chi connectivity index (χ0v) is 18.7. The number of aromatic nitrogens is 2. The van der Waals surface area contributed by atoms with Gasteiger partial charge in [-0.1, -0.05) is 0 Å². The van der Waals surface area contributed by atoms with Crippen LogP contribution in [0.2, 0.25) is 0 Å². The van der Waals surface area contributed by atoms with Crippen molar-refractivity contribution in [3.05, 3.63) is 46.9 Å². The van der Waals surface area contributed by atoms with Crippen molar-refractivity contribution in [3.8, 4) is 11.5 Å². The molecule has 0 aliphatic rings. The first kappa shape index (κ1) is 22.2. The Morgan fingerprint density at radius 2 is 1.65 bits per heavy atom. The lowest BCUT2D eigenvalue weighted by atomic mass is 10.2. The Hall–Kier alpha value is -3.47. The summed E-state index contributed by atoms with van der Waals surface area (Å²) < 4.78 is 39.1. The molecule has 0 bridgehead atoms. The van der Waals surface area contributed by atoms with E-state index in [9.17, 15) is 18.0 Å². The predicted molar refractivity (Wildman–Crippen MR) is 119 cm³/mol. The monoisotopic (exact) mass is 448 g/mol. The molecule has 0 unspecified atom stereocenters. The molecule has 0 radical (unpaired) electrons. The van der Waals surface area contributed by atoms with E-state index in [2.05, 4.69) is 5.32 Å². The molecule has 0 aliphatic heterocycles. The Balaban J connectivity index is 1.88. The molecular formula is C20H24N4O6S. The average Bonchev–Trinajstić information content (AvgIpc) is 2.94. The van der Waals surface area contributed by atoms with Crippen molar-refractivity contribution in [3.63, 3.8) is 0 Å². The van der Waals surface area contributed by atoms with Gasteiger partial charge < -0.3 is 14.8 Å². The standard InChI is InChI=1S/C20H24N4O6S/c1-22-15-8-6-13(10-16(15)23(2)20(22)26)21-19(25)12-24(31(5,27)28)14-7-9-17(29-3)18(11-14)30-4/h6-11H,12H2,1-5H3,(H,21,25). The molecule has 1 aromatic heterocycles. The number of carbonyl (C=O) groups is 1. The number of fused-ring (bicyclic) bond motifs is 1. The van der Waals surface area contributed by atoms with Gasteiger partial charge in [0, 0.05) is 25.8 Å². The fourth-order valence-electron chi connectivity index (χ4n) is 3.30. The third-order valence-electron chi connectivity index (χ3n) is 4.90. The lowest BCUT2D eigenvalue weighted by Crippen LogP contribution is -2.37. The molecule has 31 heavy (non-hydrogen) atoms. The normalized spacial score (nSPS) is 11.4. The van der Waals surface area contributed by atoms with Crippen LogP contribution in [0.5, 0.6) is 11.5 Å². The molecule has 0 spiro atoms. The molecule has 0 fully saturated rings. The van der Waals surface area contributed by atoms with E-state index in [0.29, 0.717) is 28.2 Å². The quantitative estimate of drug-likeness (QED) is 0.583. The summed E-state index contributed by atoms with van der Waals surface area (Å²) in [6.45, 7) is -0.444. The smallest absolute Gasteiger partial charge is 0.328 e. The summed E-state index contributed by atoms with van der Waals surface area (Å²) in [5, 5.41) is 2.69. The number of nitrogens with zero attached hydrogens (tertiary/aromatic N) is 3. The maximum atomic E-state index is 12.7.